The molecule has 0 aliphatic rings. The quantitative estimate of drug-likeness (QED) is 0.0455. The van der Waals surface area contributed by atoms with E-state index in [0.717, 1.165) is 24.3 Å². The lowest BCUT2D eigenvalue weighted by Crippen LogP contribution is -2.22. The largest absolute Gasteiger partial charge is 0.505 e. The van der Waals surface area contributed by atoms with Gasteiger partial charge < -0.3 is 15.7 Å². The number of azo groups is 1. The maximum atomic E-state index is 13.0. The predicted molar refractivity (Wildman–Crippen MR) is 206 cm³/mol. The number of phenolic OH excluding ortho intramolecular Hbond substituents is 1. The molecule has 0 saturated heterocycles. The van der Waals surface area contributed by atoms with Crippen molar-refractivity contribution in [2.24, 2.45) is 10.2 Å². The molecule has 0 saturated carbocycles. The van der Waals surface area contributed by atoms with Crippen LogP contribution in [-0.4, -0.2) is 72.2 Å². The van der Waals surface area contributed by atoms with Crippen LogP contribution in [0.2, 0.25) is 10.3 Å². The molecule has 0 atom stereocenters. The smallest absolute Gasteiger partial charge is 0.296 e. The minimum absolute atomic E-state index is 0.00955. The minimum Gasteiger partial charge on any atom is -0.505 e. The predicted octanol–water partition coefficient (Wildman–Crippen LogP) is 6.18. The maximum Gasteiger partial charge on any atom is 0.296 e. The van der Waals surface area contributed by atoms with Crippen molar-refractivity contribution in [3.8, 4) is 5.75 Å². The standard InChI is InChI=1S/C34H24Cl2N6O12S3/c35-32-33(36)39-23-13-19(7-8-21(23)38-32)25(43)16-37-15-17-6-10-27(56(49,50)51)24(12-17)41-42-30-28(57(52,53)54)14-20-26(55(46,47)48)11-9-22(29(20)31(30)44)40-34(45)18-4-2-1-3-5-18/h1-14,37,44H,15-16H2,(H,40,45)(H,46,47,48)(H,49,50,51)(H,52,53,54). The Hall–Kier alpha value is -5.49. The summed E-state index contributed by atoms with van der Waals surface area (Å²) in [5.41, 5.74) is -0.654. The number of nitrogens with one attached hydrogen (secondary N) is 2. The van der Waals surface area contributed by atoms with E-state index in [1.807, 2.05) is 0 Å². The van der Waals surface area contributed by atoms with Crippen LogP contribution in [0.1, 0.15) is 26.3 Å². The van der Waals surface area contributed by atoms with E-state index in [0.29, 0.717) is 17.1 Å². The number of halogens is 2. The lowest BCUT2D eigenvalue weighted by atomic mass is 10.1. The number of Topliss-reactive ketones (excluding diaryl/α,β-unsaturated/α-hetero) is 1. The zero-order chi connectivity index (χ0) is 41.4. The second-order valence-electron chi connectivity index (χ2n) is 11.9. The number of rotatable bonds is 12. The summed E-state index contributed by atoms with van der Waals surface area (Å²) >= 11 is 11.8. The van der Waals surface area contributed by atoms with E-state index in [-0.39, 0.29) is 51.6 Å². The Morgan fingerprint density at radius 3 is 1.96 bits per heavy atom. The molecule has 5 aromatic carbocycles. The van der Waals surface area contributed by atoms with Crippen molar-refractivity contribution in [1.29, 1.82) is 0 Å². The van der Waals surface area contributed by atoms with Gasteiger partial charge in [0, 0.05) is 23.1 Å². The molecule has 0 unspecified atom stereocenters. The van der Waals surface area contributed by atoms with Gasteiger partial charge in [-0.05, 0) is 66.2 Å². The van der Waals surface area contributed by atoms with E-state index >= 15 is 0 Å². The highest BCUT2D eigenvalue weighted by Crippen LogP contribution is 2.46. The SMILES string of the molecule is O=C(CNCc1ccc(S(=O)(=O)O)c(N=Nc2c(S(=O)(=O)O)cc3c(S(=O)(=O)O)ccc(NC(=O)c4ccccc4)c3c2O)c1)c1ccc2nc(Cl)c(Cl)nc2c1. The van der Waals surface area contributed by atoms with Gasteiger partial charge in [-0.25, -0.2) is 9.97 Å². The molecular formula is C34H24Cl2N6O12S3. The fourth-order valence-electron chi connectivity index (χ4n) is 5.52. The van der Waals surface area contributed by atoms with Crippen LogP contribution < -0.4 is 10.6 Å². The van der Waals surface area contributed by atoms with Crippen LogP contribution in [-0.2, 0) is 36.9 Å². The number of benzene rings is 5. The first-order valence-electron chi connectivity index (χ1n) is 15.8. The molecule has 18 nitrogen and oxygen atoms in total. The van der Waals surface area contributed by atoms with Crippen molar-refractivity contribution in [3.63, 3.8) is 0 Å². The molecule has 0 aliphatic carbocycles. The number of carbonyl (C=O) groups is 2. The van der Waals surface area contributed by atoms with Crippen molar-refractivity contribution in [2.45, 2.75) is 21.2 Å². The number of ketones is 1. The zero-order valence-electron chi connectivity index (χ0n) is 28.3. The second kappa shape index (κ2) is 15.8. The van der Waals surface area contributed by atoms with Crippen molar-refractivity contribution in [3.05, 3.63) is 112 Å². The lowest BCUT2D eigenvalue weighted by Gasteiger charge is -2.15. The number of hydrogen-bond acceptors (Lipinski definition) is 14. The second-order valence-corrected chi connectivity index (χ2v) is 16.8. The van der Waals surface area contributed by atoms with Crippen molar-refractivity contribution < 1.29 is 53.6 Å². The number of aromatic nitrogens is 2. The maximum absolute atomic E-state index is 13.0. The average molecular weight is 876 g/mol. The average Bonchev–Trinajstić information content (AvgIpc) is 3.13. The van der Waals surface area contributed by atoms with Gasteiger partial charge in [0.25, 0.3) is 36.3 Å². The highest BCUT2D eigenvalue weighted by Gasteiger charge is 2.28. The monoisotopic (exact) mass is 874 g/mol. The summed E-state index contributed by atoms with van der Waals surface area (Å²) < 4.78 is 104. The van der Waals surface area contributed by atoms with Gasteiger partial charge in [-0.15, -0.1) is 10.2 Å². The molecule has 0 bridgehead atoms. The summed E-state index contributed by atoms with van der Waals surface area (Å²) in [6.45, 7) is -0.344. The van der Waals surface area contributed by atoms with Gasteiger partial charge in [-0.1, -0.05) is 47.5 Å². The molecule has 57 heavy (non-hydrogen) atoms. The third-order valence-electron chi connectivity index (χ3n) is 8.09. The van der Waals surface area contributed by atoms with Crippen molar-refractivity contribution >= 4 is 104 Å². The Kier molecular flexibility index (Phi) is 11.4. The van der Waals surface area contributed by atoms with E-state index in [2.05, 4.69) is 30.8 Å². The molecule has 6 aromatic rings. The molecule has 1 amide bonds. The fraction of sp³-hybridized carbons (Fsp3) is 0.0588. The summed E-state index contributed by atoms with van der Waals surface area (Å²) in [5, 5.41) is 22.9. The molecule has 0 fully saturated rings. The summed E-state index contributed by atoms with van der Waals surface area (Å²) in [4.78, 5) is 31.1. The number of nitrogens with zero attached hydrogens (tertiary/aromatic N) is 4. The van der Waals surface area contributed by atoms with Crippen LogP contribution in [0.25, 0.3) is 21.8 Å². The first-order valence-corrected chi connectivity index (χ1v) is 20.8. The van der Waals surface area contributed by atoms with E-state index in [1.54, 1.807) is 18.2 Å². The topological polar surface area (TPSA) is 292 Å². The Morgan fingerprint density at radius 2 is 1.32 bits per heavy atom. The molecular weight excluding hydrogens is 852 g/mol. The van der Waals surface area contributed by atoms with Crippen LogP contribution >= 0.6 is 23.2 Å². The third-order valence-corrected chi connectivity index (χ3v) is 11.4. The highest BCUT2D eigenvalue weighted by atomic mass is 35.5. The van der Waals surface area contributed by atoms with Gasteiger partial charge in [-0.2, -0.15) is 25.3 Å². The number of anilines is 1. The van der Waals surface area contributed by atoms with Crippen LogP contribution in [0.5, 0.6) is 5.75 Å². The van der Waals surface area contributed by atoms with Crippen LogP contribution in [0.4, 0.5) is 17.1 Å². The van der Waals surface area contributed by atoms with Gasteiger partial charge in [0.1, 0.15) is 26.1 Å². The van der Waals surface area contributed by atoms with Gasteiger partial charge in [0.15, 0.2) is 21.8 Å². The molecule has 294 valence electrons. The molecule has 23 heteroatoms. The van der Waals surface area contributed by atoms with Crippen molar-refractivity contribution in [2.75, 3.05) is 11.9 Å². The summed E-state index contributed by atoms with van der Waals surface area (Å²) in [6, 6.07) is 17.7. The first kappa shape index (κ1) is 41.2. The Balaban J connectivity index is 1.38. The summed E-state index contributed by atoms with van der Waals surface area (Å²) in [7, 11) is -15.6. The summed E-state index contributed by atoms with van der Waals surface area (Å²) in [5.74, 6) is -2.34. The Labute approximate surface area is 332 Å². The molecule has 6 N–H and O–H groups in total. The number of phenols is 1. The molecule has 1 heterocycles. The van der Waals surface area contributed by atoms with Crippen LogP contribution in [0.15, 0.2) is 110 Å². The van der Waals surface area contributed by atoms with Gasteiger partial charge in [0.2, 0.25) is 0 Å². The van der Waals surface area contributed by atoms with Crippen molar-refractivity contribution in [1.82, 2.24) is 15.3 Å². The number of fused-ring (bicyclic) bond motifs is 2. The van der Waals surface area contributed by atoms with Gasteiger partial charge >= 0.3 is 0 Å². The summed E-state index contributed by atoms with van der Waals surface area (Å²) in [6.07, 6.45) is 0. The number of amides is 1. The van der Waals surface area contributed by atoms with E-state index in [1.165, 1.54) is 36.4 Å². The van der Waals surface area contributed by atoms with E-state index in [9.17, 15) is 53.6 Å². The Bertz CT molecular complexity index is 3030. The molecule has 0 radical (unpaired) electrons. The van der Waals surface area contributed by atoms with Gasteiger partial charge in [-0.3, -0.25) is 23.2 Å². The third kappa shape index (κ3) is 9.06. The lowest BCUT2D eigenvalue weighted by molar-refractivity contribution is 0.0989. The van der Waals surface area contributed by atoms with E-state index in [4.69, 9.17) is 23.2 Å². The van der Waals surface area contributed by atoms with Gasteiger partial charge in [0.05, 0.1) is 28.7 Å². The zero-order valence-corrected chi connectivity index (χ0v) is 32.3. The minimum atomic E-state index is -5.41. The Morgan fingerprint density at radius 1 is 0.684 bits per heavy atom. The highest BCUT2D eigenvalue weighted by molar-refractivity contribution is 7.86. The number of aromatic hydroxyl groups is 1. The molecule has 6 rings (SSSR count). The van der Waals surface area contributed by atoms with E-state index < -0.39 is 78.8 Å². The van der Waals surface area contributed by atoms with Crippen LogP contribution in [0.3, 0.4) is 0 Å². The number of carbonyl (C=O) groups excluding carboxylic acids is 2. The first-order chi connectivity index (χ1) is 26.7. The van der Waals surface area contributed by atoms with Crippen LogP contribution in [0, 0.1) is 0 Å². The fourth-order valence-corrected chi connectivity index (χ4v) is 7.72. The normalized spacial score (nSPS) is 12.4. The molecule has 0 spiro atoms. The molecule has 1 aromatic heterocycles. The molecule has 0 aliphatic heterocycles. The number of hydrogen-bond donors (Lipinski definition) is 6.